The molecule has 0 unspecified atom stereocenters. The zero-order chi connectivity index (χ0) is 52.2. The van der Waals surface area contributed by atoms with Gasteiger partial charge in [0.15, 0.2) is 0 Å². The van der Waals surface area contributed by atoms with Crippen LogP contribution in [0.1, 0.15) is 346 Å². The van der Waals surface area contributed by atoms with Crippen molar-refractivity contribution in [1.82, 2.24) is 0 Å². The number of hydrogen-bond acceptors (Lipinski definition) is 0. The van der Waals surface area contributed by atoms with Gasteiger partial charge in [-0.1, -0.05) is 309 Å². The second kappa shape index (κ2) is 55.0. The Hall–Kier alpha value is -1.82. The fourth-order valence-electron chi connectivity index (χ4n) is 10.3. The van der Waals surface area contributed by atoms with Crippen molar-refractivity contribution in [3.63, 3.8) is 0 Å². The van der Waals surface area contributed by atoms with E-state index in [1.807, 2.05) is 0 Å². The molecule has 0 amide bonds. The van der Waals surface area contributed by atoms with E-state index in [-0.39, 0.29) is 20.4 Å². The topological polar surface area (TPSA) is 25.3 Å². The molecule has 1 heterocycles. The summed E-state index contributed by atoms with van der Waals surface area (Å²) in [6.07, 6.45) is 66.7. The van der Waals surface area contributed by atoms with Gasteiger partial charge in [-0.15, -0.1) is 0 Å². The Morgan fingerprint density at radius 1 is 0.342 bits per heavy atom. The first kappa shape index (κ1) is 71.2. The van der Waals surface area contributed by atoms with Crippen LogP contribution in [-0.4, -0.2) is 4.70 Å². The van der Waals surface area contributed by atoms with Crippen molar-refractivity contribution in [2.45, 2.75) is 336 Å². The third-order valence-corrected chi connectivity index (χ3v) is 15.1. The number of unbranched alkanes of at least 4 members (excludes halogenated alkanes) is 39. The largest absolute Gasteiger partial charge is 2.00 e. The summed E-state index contributed by atoms with van der Waals surface area (Å²) in [5.74, 6) is 0. The molecule has 0 aromatic heterocycles. The van der Waals surface area contributed by atoms with E-state index in [2.05, 4.69) is 103 Å². The fraction of sp³-hybridized carbons (Fsp3) is 0.743. The minimum absolute atomic E-state index is 0. The van der Waals surface area contributed by atoms with Gasteiger partial charge in [-0.2, -0.15) is 12.8 Å². The zero-order valence-electron chi connectivity index (χ0n) is 49.6. The van der Waals surface area contributed by atoms with Crippen LogP contribution in [0, 0.1) is 13.8 Å². The van der Waals surface area contributed by atoms with Crippen molar-refractivity contribution < 1.29 is 25.1 Å². The average Bonchev–Trinajstić information content (AvgIpc) is 3.73. The summed E-state index contributed by atoms with van der Waals surface area (Å²) in [6.45, 7) is 19.1. The molecule has 0 aliphatic carbocycles. The maximum absolute atomic E-state index is 11.3. The van der Waals surface area contributed by atoms with Crippen molar-refractivity contribution in [3.8, 4) is 0 Å². The van der Waals surface area contributed by atoms with E-state index >= 15 is 0 Å². The Balaban J connectivity index is 0.00000111. The van der Waals surface area contributed by atoms with Crippen molar-refractivity contribution in [3.05, 3.63) is 102 Å². The van der Waals surface area contributed by atoms with Crippen molar-refractivity contribution in [1.29, 1.82) is 0 Å². The van der Waals surface area contributed by atoms with Crippen LogP contribution in [0.5, 0.6) is 0 Å². The standard InChI is InChI=1S/C30H40N2.2C20H41.Pd/c1-4-7-10-14-24-16-12-19-26(21-24)29-23-28(18-9-6-3)30(32(29)31)27-20-13-17-25(22-27)15-11-8-5-2;2*1-3-5-7-9-11-13-15-17-19-20-18-16-14-12-10-8-6-4-2;/h12-13,16-17,19-23H,4-11,14-15,18H2,1-3H3;2*1,3-20H2,2H3;/q;2*-1;+2. The Morgan fingerprint density at radius 3 is 0.959 bits per heavy atom. The molecule has 3 rings (SSSR count). The summed E-state index contributed by atoms with van der Waals surface area (Å²) in [4.78, 5) is 0. The van der Waals surface area contributed by atoms with E-state index in [4.69, 9.17) is 0 Å². The predicted octanol–water partition coefficient (Wildman–Crippen LogP) is 24.9. The molecule has 0 spiro atoms. The summed E-state index contributed by atoms with van der Waals surface area (Å²) in [5.41, 5.74) is 19.4. The Kier molecular flexibility index (Phi) is 53.6. The van der Waals surface area contributed by atoms with Crippen LogP contribution in [-0.2, 0) is 33.3 Å². The fourth-order valence-corrected chi connectivity index (χ4v) is 10.3. The van der Waals surface area contributed by atoms with Crippen LogP contribution in [0.2, 0.25) is 0 Å². The SMILES string of the molecule is CCCCCc1cccc(C2=CC(CCCC)=C(c3cccc(CCCCC)c3)[N+]2=[N-])c1.[CH2-]CCCCCCCCCCCCCCCCCCC.[CH2-]CCCCCCCCCCCCCCCCCCC.[Pd+2]. The molecule has 0 N–H and O–H groups in total. The van der Waals surface area contributed by atoms with Gasteiger partial charge in [0.25, 0.3) is 0 Å². The van der Waals surface area contributed by atoms with Crippen LogP contribution in [0.3, 0.4) is 0 Å². The molecule has 73 heavy (non-hydrogen) atoms. The third-order valence-electron chi connectivity index (χ3n) is 15.1. The molecule has 0 radical (unpaired) electrons. The van der Waals surface area contributed by atoms with E-state index < -0.39 is 0 Å². The van der Waals surface area contributed by atoms with Gasteiger partial charge in [-0.05, 0) is 73.9 Å². The van der Waals surface area contributed by atoms with Gasteiger partial charge in [-0.25, -0.2) is 4.70 Å². The Bertz CT molecular complexity index is 1480. The van der Waals surface area contributed by atoms with Gasteiger partial charge >= 0.3 is 20.4 Å². The van der Waals surface area contributed by atoms with Crippen LogP contribution in [0.15, 0.2) is 60.2 Å². The molecule has 0 saturated heterocycles. The summed E-state index contributed by atoms with van der Waals surface area (Å²) in [5, 5.41) is 0. The van der Waals surface area contributed by atoms with E-state index in [9.17, 15) is 5.53 Å². The smallest absolute Gasteiger partial charge is 0.493 e. The molecule has 2 aromatic carbocycles. The molecule has 2 nitrogen and oxygen atoms in total. The number of rotatable bonds is 47. The van der Waals surface area contributed by atoms with Gasteiger partial charge in [0, 0.05) is 22.8 Å². The maximum Gasteiger partial charge on any atom is 2.00 e. The Labute approximate surface area is 472 Å². The second-order valence-electron chi connectivity index (χ2n) is 22.2. The third kappa shape index (κ3) is 40.1. The monoisotopic (exact) mass is 1100 g/mol. The summed E-state index contributed by atoms with van der Waals surface area (Å²) >= 11 is 0. The number of nitrogens with zero attached hydrogens (tertiary/aromatic N) is 2. The molecule has 1 aliphatic rings. The minimum atomic E-state index is 0. The van der Waals surface area contributed by atoms with E-state index in [0.29, 0.717) is 0 Å². The number of hydrogen-bond donors (Lipinski definition) is 0. The van der Waals surface area contributed by atoms with Crippen molar-refractivity contribution in [2.75, 3.05) is 0 Å². The van der Waals surface area contributed by atoms with Crippen LogP contribution >= 0.6 is 0 Å². The molecule has 3 heteroatoms. The normalized spacial score (nSPS) is 12.1. The second-order valence-corrected chi connectivity index (χ2v) is 22.2. The zero-order valence-corrected chi connectivity index (χ0v) is 51.1. The van der Waals surface area contributed by atoms with E-state index in [1.54, 1.807) is 0 Å². The summed E-state index contributed by atoms with van der Waals surface area (Å²) in [7, 11) is 0. The first-order valence-electron chi connectivity index (χ1n) is 32.2. The van der Waals surface area contributed by atoms with Gasteiger partial charge < -0.3 is 19.4 Å². The Morgan fingerprint density at radius 2 is 0.630 bits per heavy atom. The van der Waals surface area contributed by atoms with Gasteiger partial charge in [0.05, 0.1) is 0 Å². The number of allylic oxidation sites excluding steroid dienone is 2. The first-order chi connectivity index (χ1) is 35.5. The molecule has 422 valence electrons. The first-order valence-corrected chi connectivity index (χ1v) is 32.2. The predicted molar refractivity (Wildman–Crippen MR) is 326 cm³/mol. The summed E-state index contributed by atoms with van der Waals surface area (Å²) < 4.78 is 1.45. The van der Waals surface area contributed by atoms with Crippen LogP contribution in [0.25, 0.3) is 16.9 Å². The quantitative estimate of drug-likeness (QED) is 0.0273. The number of benzene rings is 2. The van der Waals surface area contributed by atoms with Crippen molar-refractivity contribution in [2.24, 2.45) is 0 Å². The molecule has 0 saturated carbocycles. The van der Waals surface area contributed by atoms with Crippen molar-refractivity contribution >= 4 is 11.4 Å². The molecule has 0 bridgehead atoms. The summed E-state index contributed by atoms with van der Waals surface area (Å²) in [6, 6.07) is 17.5. The van der Waals surface area contributed by atoms with E-state index in [1.165, 1.54) is 278 Å². The molecular weight excluding hydrogens is 975 g/mol. The molecular formula is C70H122N2Pd. The van der Waals surface area contributed by atoms with Gasteiger partial charge in [0.2, 0.25) is 11.4 Å². The number of aryl methyl sites for hydroxylation is 2. The van der Waals surface area contributed by atoms with E-state index in [0.717, 1.165) is 67.5 Å². The van der Waals surface area contributed by atoms with Gasteiger partial charge in [-0.3, -0.25) is 0 Å². The van der Waals surface area contributed by atoms with Gasteiger partial charge in [0.1, 0.15) is 0 Å². The average molecular weight is 1100 g/mol. The molecule has 1 aliphatic heterocycles. The van der Waals surface area contributed by atoms with Crippen LogP contribution in [0.4, 0.5) is 0 Å². The van der Waals surface area contributed by atoms with Crippen LogP contribution < -0.4 is 0 Å². The molecule has 2 aromatic rings. The molecule has 0 fully saturated rings. The maximum atomic E-state index is 11.3. The molecule has 0 atom stereocenters. The minimum Gasteiger partial charge on any atom is -0.493 e.